The van der Waals surface area contributed by atoms with E-state index in [1.165, 1.54) is 11.8 Å². The topological polar surface area (TPSA) is 12.0 Å². The highest BCUT2D eigenvalue weighted by atomic mass is 32.2. The van der Waals surface area contributed by atoms with Crippen molar-refractivity contribution < 1.29 is 4.39 Å². The lowest BCUT2D eigenvalue weighted by Gasteiger charge is -2.19. The minimum atomic E-state index is -0.150. The zero-order valence-corrected chi connectivity index (χ0v) is 10.5. The Bertz CT molecular complexity index is 325. The number of anilines is 1. The summed E-state index contributed by atoms with van der Waals surface area (Å²) < 4.78 is 13.4. The molecule has 84 valence electrons. The molecule has 0 radical (unpaired) electrons. The van der Waals surface area contributed by atoms with Gasteiger partial charge in [-0.2, -0.15) is 0 Å². The van der Waals surface area contributed by atoms with Crippen molar-refractivity contribution in [3.05, 3.63) is 24.0 Å². The van der Waals surface area contributed by atoms with Gasteiger partial charge in [-0.25, -0.2) is 4.39 Å². The first-order valence-corrected chi connectivity index (χ1v) is 6.37. The van der Waals surface area contributed by atoms with E-state index in [1.54, 1.807) is 6.07 Å². The van der Waals surface area contributed by atoms with E-state index in [-0.39, 0.29) is 5.82 Å². The van der Waals surface area contributed by atoms with E-state index in [0.29, 0.717) is 16.9 Å². The SMILES string of the molecule is CSc1ccc(NC(C)C(C)C)cc1F. The van der Waals surface area contributed by atoms with Crippen molar-refractivity contribution >= 4 is 17.4 Å². The van der Waals surface area contributed by atoms with Gasteiger partial charge in [-0.05, 0) is 37.3 Å². The van der Waals surface area contributed by atoms with Crippen LogP contribution in [0.1, 0.15) is 20.8 Å². The van der Waals surface area contributed by atoms with E-state index in [9.17, 15) is 4.39 Å². The molecule has 1 aromatic rings. The third-order valence-electron chi connectivity index (χ3n) is 2.55. The predicted molar refractivity (Wildman–Crippen MR) is 66.1 cm³/mol. The summed E-state index contributed by atoms with van der Waals surface area (Å²) in [6, 6.07) is 5.65. The van der Waals surface area contributed by atoms with Crippen molar-refractivity contribution in [2.75, 3.05) is 11.6 Å². The van der Waals surface area contributed by atoms with Gasteiger partial charge in [0.2, 0.25) is 0 Å². The number of rotatable bonds is 4. The summed E-state index contributed by atoms with van der Waals surface area (Å²) >= 11 is 1.43. The van der Waals surface area contributed by atoms with Crippen LogP contribution in [0.5, 0.6) is 0 Å². The summed E-state index contributed by atoms with van der Waals surface area (Å²) in [5, 5.41) is 3.28. The Morgan fingerprint density at radius 1 is 1.27 bits per heavy atom. The number of hydrogen-bond donors (Lipinski definition) is 1. The zero-order valence-electron chi connectivity index (χ0n) is 9.67. The van der Waals surface area contributed by atoms with Crippen molar-refractivity contribution in [1.29, 1.82) is 0 Å². The van der Waals surface area contributed by atoms with Gasteiger partial charge in [0.05, 0.1) is 0 Å². The van der Waals surface area contributed by atoms with Gasteiger partial charge in [0.15, 0.2) is 0 Å². The normalized spacial score (nSPS) is 12.9. The smallest absolute Gasteiger partial charge is 0.138 e. The molecule has 0 spiro atoms. The molecule has 0 aliphatic heterocycles. The average molecular weight is 227 g/mol. The molecule has 0 saturated carbocycles. The lowest BCUT2D eigenvalue weighted by molar-refractivity contribution is 0.558. The van der Waals surface area contributed by atoms with Crippen molar-refractivity contribution in [3.8, 4) is 0 Å². The first kappa shape index (κ1) is 12.4. The third kappa shape index (κ3) is 3.42. The highest BCUT2D eigenvalue weighted by molar-refractivity contribution is 7.98. The lowest BCUT2D eigenvalue weighted by atomic mass is 10.1. The van der Waals surface area contributed by atoms with Crippen LogP contribution >= 0.6 is 11.8 Å². The molecule has 1 N–H and O–H groups in total. The number of hydrogen-bond acceptors (Lipinski definition) is 2. The van der Waals surface area contributed by atoms with Gasteiger partial charge in [-0.15, -0.1) is 11.8 Å². The molecule has 0 aromatic heterocycles. The van der Waals surface area contributed by atoms with Crippen molar-refractivity contribution in [1.82, 2.24) is 0 Å². The maximum absolute atomic E-state index is 13.4. The van der Waals surface area contributed by atoms with Gasteiger partial charge < -0.3 is 5.32 Å². The van der Waals surface area contributed by atoms with Crippen LogP contribution in [0.25, 0.3) is 0 Å². The molecule has 1 rings (SSSR count). The fraction of sp³-hybridized carbons (Fsp3) is 0.500. The third-order valence-corrected chi connectivity index (χ3v) is 3.32. The van der Waals surface area contributed by atoms with Crippen LogP contribution in [-0.2, 0) is 0 Å². The molecular weight excluding hydrogens is 209 g/mol. The number of benzene rings is 1. The Balaban J connectivity index is 2.75. The quantitative estimate of drug-likeness (QED) is 0.780. The minimum absolute atomic E-state index is 0.150. The molecule has 3 heteroatoms. The zero-order chi connectivity index (χ0) is 11.4. The van der Waals surface area contributed by atoms with Crippen LogP contribution in [0.3, 0.4) is 0 Å². The van der Waals surface area contributed by atoms with Gasteiger partial charge in [0.1, 0.15) is 5.82 Å². The van der Waals surface area contributed by atoms with Crippen LogP contribution in [-0.4, -0.2) is 12.3 Å². The van der Waals surface area contributed by atoms with Crippen molar-refractivity contribution in [2.24, 2.45) is 5.92 Å². The molecule has 1 unspecified atom stereocenters. The number of thioether (sulfide) groups is 1. The Labute approximate surface area is 95.5 Å². The monoisotopic (exact) mass is 227 g/mol. The molecule has 0 amide bonds. The summed E-state index contributed by atoms with van der Waals surface area (Å²) in [6.45, 7) is 6.39. The van der Waals surface area contributed by atoms with Crippen molar-refractivity contribution in [2.45, 2.75) is 31.7 Å². The fourth-order valence-corrected chi connectivity index (χ4v) is 1.64. The van der Waals surface area contributed by atoms with Crippen LogP contribution in [0, 0.1) is 11.7 Å². The van der Waals surface area contributed by atoms with Gasteiger partial charge in [0, 0.05) is 16.6 Å². The van der Waals surface area contributed by atoms with Crippen LogP contribution in [0.15, 0.2) is 23.1 Å². The number of nitrogens with one attached hydrogen (secondary N) is 1. The van der Waals surface area contributed by atoms with E-state index in [1.807, 2.05) is 18.4 Å². The molecule has 0 aliphatic rings. The molecule has 1 atom stereocenters. The van der Waals surface area contributed by atoms with Crippen LogP contribution in [0.4, 0.5) is 10.1 Å². The molecule has 0 aliphatic carbocycles. The fourth-order valence-electron chi connectivity index (χ4n) is 1.19. The van der Waals surface area contributed by atoms with E-state index in [0.717, 1.165) is 5.69 Å². The van der Waals surface area contributed by atoms with Crippen LogP contribution < -0.4 is 5.32 Å². The highest BCUT2D eigenvalue weighted by Gasteiger charge is 2.08. The maximum Gasteiger partial charge on any atom is 0.138 e. The number of halogens is 1. The molecule has 15 heavy (non-hydrogen) atoms. The van der Waals surface area contributed by atoms with Gasteiger partial charge in [0.25, 0.3) is 0 Å². The summed E-state index contributed by atoms with van der Waals surface area (Å²) in [5.74, 6) is 0.386. The molecule has 0 saturated heterocycles. The second kappa shape index (κ2) is 5.40. The lowest BCUT2D eigenvalue weighted by Crippen LogP contribution is -2.21. The Kier molecular flexibility index (Phi) is 4.45. The Morgan fingerprint density at radius 3 is 2.40 bits per heavy atom. The first-order valence-electron chi connectivity index (χ1n) is 5.14. The van der Waals surface area contributed by atoms with E-state index < -0.39 is 0 Å². The molecular formula is C12H18FNS. The summed E-state index contributed by atoms with van der Waals surface area (Å²) in [5.41, 5.74) is 0.853. The summed E-state index contributed by atoms with van der Waals surface area (Å²) in [6.07, 6.45) is 1.88. The molecule has 0 fully saturated rings. The van der Waals surface area contributed by atoms with Crippen LogP contribution in [0.2, 0.25) is 0 Å². The Hall–Kier alpha value is -0.700. The highest BCUT2D eigenvalue weighted by Crippen LogP contribution is 2.23. The van der Waals surface area contributed by atoms with E-state index in [4.69, 9.17) is 0 Å². The molecule has 1 aromatic carbocycles. The van der Waals surface area contributed by atoms with E-state index >= 15 is 0 Å². The largest absolute Gasteiger partial charge is 0.382 e. The maximum atomic E-state index is 13.4. The van der Waals surface area contributed by atoms with Crippen molar-refractivity contribution in [3.63, 3.8) is 0 Å². The first-order chi connectivity index (χ1) is 7.04. The second-order valence-electron chi connectivity index (χ2n) is 4.03. The molecule has 0 heterocycles. The van der Waals surface area contributed by atoms with Gasteiger partial charge in [-0.3, -0.25) is 0 Å². The van der Waals surface area contributed by atoms with Gasteiger partial charge in [-0.1, -0.05) is 13.8 Å². The Morgan fingerprint density at radius 2 is 1.93 bits per heavy atom. The van der Waals surface area contributed by atoms with E-state index in [2.05, 4.69) is 26.1 Å². The van der Waals surface area contributed by atoms with Gasteiger partial charge >= 0.3 is 0 Å². The standard InChI is InChI=1S/C12H18FNS/c1-8(2)9(3)14-10-5-6-12(15-4)11(13)7-10/h5-9,14H,1-4H3. The average Bonchev–Trinajstić information content (AvgIpc) is 2.18. The second-order valence-corrected chi connectivity index (χ2v) is 4.87. The summed E-state index contributed by atoms with van der Waals surface area (Å²) in [7, 11) is 0. The summed E-state index contributed by atoms with van der Waals surface area (Å²) in [4.78, 5) is 0.692. The molecule has 1 nitrogen and oxygen atoms in total. The predicted octanol–water partition coefficient (Wildman–Crippen LogP) is 4.00. The minimum Gasteiger partial charge on any atom is -0.382 e. The molecule has 0 bridgehead atoms.